The van der Waals surface area contributed by atoms with Crippen molar-refractivity contribution in [1.82, 2.24) is 10.6 Å². The van der Waals surface area contributed by atoms with Gasteiger partial charge in [-0.25, -0.2) is 4.57 Å². The molecule has 0 saturated carbocycles. The van der Waals surface area contributed by atoms with E-state index in [4.69, 9.17) is 53.9 Å². The molecule has 0 spiro atoms. The van der Waals surface area contributed by atoms with E-state index in [1.165, 1.54) is 6.92 Å². The molecule has 8 bridgehead atoms. The molecule has 15 N–H and O–H groups in total. The van der Waals surface area contributed by atoms with Gasteiger partial charge in [0.15, 0.2) is 0 Å². The molecule has 23 heteroatoms. The maximum Gasteiger partial charge on any atom is 0.472 e. The maximum atomic E-state index is 13.8. The molecule has 72 heavy (non-hydrogen) atoms. The van der Waals surface area contributed by atoms with Gasteiger partial charge in [-0.3, -0.25) is 57.6 Å². The summed E-state index contributed by atoms with van der Waals surface area (Å²) in [6.45, 7) is 16.5. The van der Waals surface area contributed by atoms with Gasteiger partial charge in [-0.15, -0.1) is 0 Å². The summed E-state index contributed by atoms with van der Waals surface area (Å²) in [7, 11) is -3.35. The van der Waals surface area contributed by atoms with Crippen LogP contribution < -0.4 is 45.0 Å². The molecule has 0 radical (unpaired) electrons. The lowest BCUT2D eigenvalue weighted by Gasteiger charge is -2.48. The van der Waals surface area contributed by atoms with Crippen LogP contribution in [-0.2, 0) is 47.2 Å². The Hall–Kier alpha value is -5.57. The lowest BCUT2D eigenvalue weighted by Crippen LogP contribution is -2.56. The minimum absolute atomic E-state index is 0.00464. The highest BCUT2D eigenvalue weighted by Crippen LogP contribution is 2.62. The van der Waals surface area contributed by atoms with Crippen molar-refractivity contribution >= 4 is 66.3 Å². The van der Waals surface area contributed by atoms with Crippen LogP contribution in [0.25, 0.3) is 0 Å². The summed E-state index contributed by atoms with van der Waals surface area (Å²) in [5.41, 5.74) is 34.4. The molecule has 0 aromatic rings. The van der Waals surface area contributed by atoms with Gasteiger partial charge in [0.1, 0.15) is 0 Å². The third kappa shape index (κ3) is 11.2. The number of nitrogens with two attached hydrogens (primary N) is 6. The maximum absolute atomic E-state index is 13.8. The number of nitrogens with zero attached hydrogens (tertiary/aromatic N) is 3. The number of aliphatic imine (C=N–C) groups is 3. The zero-order valence-electron chi connectivity index (χ0n) is 43.3. The second-order valence-corrected chi connectivity index (χ2v) is 23.4. The third-order valence-electron chi connectivity index (χ3n) is 16.6. The normalized spacial score (nSPS) is 32.7. The van der Waals surface area contributed by atoms with E-state index in [0.29, 0.717) is 45.4 Å². The summed E-state index contributed by atoms with van der Waals surface area (Å²) in [6, 6.07) is -0.974. The monoisotopic (exact) mass is 1030 g/mol. The summed E-state index contributed by atoms with van der Waals surface area (Å²) in [5, 5.41) is 6.40. The van der Waals surface area contributed by atoms with Gasteiger partial charge in [-0.2, -0.15) is 0 Å². The van der Waals surface area contributed by atoms with E-state index in [0.717, 1.165) is 7.11 Å². The summed E-state index contributed by atoms with van der Waals surface area (Å²) >= 11 is 0. The Labute approximate surface area is 421 Å². The van der Waals surface area contributed by atoms with Crippen LogP contribution in [0.3, 0.4) is 0 Å². The van der Waals surface area contributed by atoms with Crippen LogP contribution in [0.4, 0.5) is 0 Å². The molecule has 7 amide bonds. The van der Waals surface area contributed by atoms with E-state index >= 15 is 0 Å². The number of fused-ring (bicyclic) bond motifs is 6. The van der Waals surface area contributed by atoms with E-state index < -0.39 is 112 Å². The fourth-order valence-electron chi connectivity index (χ4n) is 12.6. The van der Waals surface area contributed by atoms with Crippen molar-refractivity contribution in [3.63, 3.8) is 0 Å². The number of rotatable bonds is 23. The number of allylic oxidation sites excluding steroid dienone is 6. The molecule has 5 aliphatic heterocycles. The highest BCUT2D eigenvalue weighted by Gasteiger charge is 2.66. The third-order valence-corrected chi connectivity index (χ3v) is 17.7. The van der Waals surface area contributed by atoms with Gasteiger partial charge in [0.2, 0.25) is 41.4 Å². The van der Waals surface area contributed by atoms with Crippen molar-refractivity contribution in [3.05, 3.63) is 34.3 Å². The second kappa shape index (κ2) is 21.1. The lowest BCUT2D eigenvalue weighted by molar-refractivity contribution is -0.124. The van der Waals surface area contributed by atoms with Crippen molar-refractivity contribution in [1.29, 1.82) is 0 Å². The number of carbonyl (C=O) groups is 7. The van der Waals surface area contributed by atoms with E-state index in [1.54, 1.807) is 0 Å². The zero-order valence-corrected chi connectivity index (χ0v) is 44.2. The van der Waals surface area contributed by atoms with Gasteiger partial charge in [-0.05, 0) is 70.6 Å². The van der Waals surface area contributed by atoms with Gasteiger partial charge in [0.05, 0.1) is 17.7 Å². The van der Waals surface area contributed by atoms with Gasteiger partial charge in [0, 0.05) is 138 Å². The predicted octanol–water partition coefficient (Wildman–Crippen LogP) is 2.51. The van der Waals surface area contributed by atoms with Crippen LogP contribution in [0.15, 0.2) is 49.3 Å². The summed E-state index contributed by atoms with van der Waals surface area (Å²) < 4.78 is 21.7. The molecule has 5 rings (SSSR count). The quantitative estimate of drug-likeness (QED) is 0.0667. The highest BCUT2D eigenvalue weighted by atomic mass is 31.2. The van der Waals surface area contributed by atoms with E-state index in [1.807, 2.05) is 61.5 Å². The summed E-state index contributed by atoms with van der Waals surface area (Å²) in [5.74, 6) is -6.72. The molecule has 11 unspecified atom stereocenters. The first kappa shape index (κ1) is 57.3. The minimum atomic E-state index is -4.37. The van der Waals surface area contributed by atoms with E-state index in [2.05, 4.69) is 15.2 Å². The van der Waals surface area contributed by atoms with Crippen LogP contribution in [0.2, 0.25) is 0 Å². The van der Waals surface area contributed by atoms with Crippen molar-refractivity contribution in [2.45, 2.75) is 151 Å². The first-order chi connectivity index (χ1) is 33.2. The van der Waals surface area contributed by atoms with Crippen LogP contribution in [-0.4, -0.2) is 94.7 Å². The largest absolute Gasteiger partial charge is 0.472 e. The Balaban J connectivity index is 1.92. The molecule has 0 aliphatic carbocycles. The van der Waals surface area contributed by atoms with Crippen LogP contribution >= 0.6 is 7.82 Å². The molecule has 0 aromatic heterocycles. The van der Waals surface area contributed by atoms with Crippen LogP contribution in [0.5, 0.6) is 0 Å². The number of amides is 7. The van der Waals surface area contributed by atoms with Gasteiger partial charge < -0.3 is 49.9 Å². The number of hydrogen-bond donors (Lipinski definition) is 9. The average Bonchev–Trinajstić information content (AvgIpc) is 3.86. The number of phosphoric ester groups is 1. The van der Waals surface area contributed by atoms with Gasteiger partial charge >= 0.3 is 7.82 Å². The molecule has 5 heterocycles. The number of primary amides is 6. The van der Waals surface area contributed by atoms with Crippen molar-refractivity contribution in [2.75, 3.05) is 13.7 Å². The Morgan fingerprint density at radius 2 is 1.33 bits per heavy atom. The van der Waals surface area contributed by atoms with Crippen LogP contribution in [0, 0.1) is 45.3 Å². The number of phosphoric acid groups is 1. The molecule has 0 aromatic carbocycles. The SMILES string of the molecule is COP(=O)(O)OC(C)CNC(=O)CCC1(C)C2=NC(C1CC(N)=O)C1(C)N=C(/C(C)=C3\NC(=CC4=NC(=C2C)C(CCC(N)=O)C4(C)C)C(CCC(N)=O)C3(C)CC(N)=O)C(CCC(N)=O)C1(C)CC(N)=O. The molecule has 11 atom stereocenters. The Kier molecular flexibility index (Phi) is 16.8. The fourth-order valence-corrected chi connectivity index (χ4v) is 13.2. The smallest absolute Gasteiger partial charge is 0.370 e. The molecule has 1 fully saturated rings. The minimum Gasteiger partial charge on any atom is -0.370 e. The Morgan fingerprint density at radius 3 is 1.86 bits per heavy atom. The fraction of sp³-hybridized carbons (Fsp3) is 0.673. The molecule has 22 nitrogen and oxygen atoms in total. The molecule has 5 aliphatic rings. The van der Waals surface area contributed by atoms with Crippen molar-refractivity contribution < 1.29 is 52.1 Å². The summed E-state index contributed by atoms with van der Waals surface area (Å²) in [6.07, 6.45) is 0.585. The lowest BCUT2D eigenvalue weighted by atomic mass is 9.55. The van der Waals surface area contributed by atoms with E-state index in [9.17, 15) is 43.0 Å². The molecular formula is C49H76N11O11P. The first-order valence-electron chi connectivity index (χ1n) is 24.4. The molecule has 1 saturated heterocycles. The predicted molar refractivity (Wildman–Crippen MR) is 270 cm³/mol. The van der Waals surface area contributed by atoms with Gasteiger partial charge in [-0.1, -0.05) is 34.6 Å². The van der Waals surface area contributed by atoms with Crippen LogP contribution in [0.1, 0.15) is 133 Å². The number of hydrogen-bond acceptors (Lipinski definition) is 14. The Morgan fingerprint density at radius 1 is 0.778 bits per heavy atom. The number of carbonyl (C=O) groups excluding carboxylic acids is 7. The van der Waals surface area contributed by atoms with E-state index in [-0.39, 0.29) is 77.2 Å². The van der Waals surface area contributed by atoms with Gasteiger partial charge in [0.25, 0.3) is 0 Å². The number of nitrogens with one attached hydrogen (secondary N) is 2. The molecule has 398 valence electrons. The second-order valence-electron chi connectivity index (χ2n) is 21.9. The summed E-state index contributed by atoms with van der Waals surface area (Å²) in [4.78, 5) is 118. The highest BCUT2D eigenvalue weighted by molar-refractivity contribution is 7.47. The first-order valence-corrected chi connectivity index (χ1v) is 25.9. The van der Waals surface area contributed by atoms with Crippen molar-refractivity contribution in [2.24, 2.45) is 94.7 Å². The standard InChI is InChI=1S/C49H76N11O11P/c1-24(71-72(68,69)70-10)23-56-39(67)17-18-46(6)30(19-36(53)64)44-49(9)48(8,22-38(55)66)29(13-16-35(52)63)41(60-49)26(3)43-47(7,21-37(54)65)27(11-14-33(50)61)31(57-43)20-32-45(4,5)28(12-15-34(51)62)40(58-32)25(2)42(46)59-44/h20,24,27-30,44,57H,11-19,21-23H2,1-10H3,(H2,50,61)(H2,51,62)(H2,52,63)(H2,53,64)(H2,54,65)(H2,55,66)(H,56,67)(H,68,69)/b31-20?,40-25?,43-26-. The molecular weight excluding hydrogens is 950 g/mol. The zero-order chi connectivity index (χ0) is 54.3. The average molecular weight is 1030 g/mol. The topological polar surface area (TPSA) is 393 Å². The Bertz CT molecular complexity index is 2530. The van der Waals surface area contributed by atoms with Crippen molar-refractivity contribution in [3.8, 4) is 0 Å².